The topological polar surface area (TPSA) is 212 Å². The van der Waals surface area contributed by atoms with E-state index in [4.69, 9.17) is 9.68 Å². The second kappa shape index (κ2) is 15.6. The lowest BCUT2D eigenvalue weighted by molar-refractivity contribution is -0.980. The molecule has 0 radical (unpaired) electrons. The van der Waals surface area contributed by atoms with Crippen LogP contribution in [0.3, 0.4) is 0 Å². The molecule has 14 heteroatoms. The number of aromatic hydroxyl groups is 4. The number of hydrogen-bond donors (Lipinski definition) is 6. The summed E-state index contributed by atoms with van der Waals surface area (Å²) in [7, 11) is 0. The highest BCUT2D eigenvalue weighted by Gasteiger charge is 2.64. The number of ketones is 2. The van der Waals surface area contributed by atoms with Gasteiger partial charge in [0, 0.05) is 47.6 Å². The van der Waals surface area contributed by atoms with Crippen LogP contribution in [-0.2, 0) is 39.7 Å². The predicted octanol–water partition coefficient (Wildman–Crippen LogP) is 8.20. The summed E-state index contributed by atoms with van der Waals surface area (Å²) in [6.07, 6.45) is 12.2. The molecule has 4 unspecified atom stereocenters. The smallest absolute Gasteiger partial charge is 0.477 e. The lowest BCUT2D eigenvalue weighted by Gasteiger charge is -2.61. The van der Waals surface area contributed by atoms with Crippen molar-refractivity contribution < 1.29 is 54.4 Å². The summed E-state index contributed by atoms with van der Waals surface area (Å²) in [4.78, 5) is 77.3. The van der Waals surface area contributed by atoms with Gasteiger partial charge in [0.2, 0.25) is 11.8 Å². The van der Waals surface area contributed by atoms with Crippen LogP contribution in [0, 0.1) is 73.9 Å². The number of carbonyl (C=O) groups is 4. The first-order valence-electron chi connectivity index (χ1n) is 26.6. The van der Waals surface area contributed by atoms with Gasteiger partial charge in [-0.25, -0.2) is 0 Å². The maximum Gasteiger partial charge on any atom is 0.477 e. The SMILES string of the molecule is CC1(C)[C@@H]2C[C@@H]1[C@H](c1c(O)cc(C34CC5CC(CC(C(=O)NCCO[N+](=O)OCCNC(=O)C67CC8CC(C6)CC(c6cc(O)c([C@@H]9CC(=O)[C@H]%10C[C@H]9C%10(C)C)c(O)c6)(C8)C7)(C5)C3)C4)cc1O)CC2=O. The predicted molar refractivity (Wildman–Crippen MR) is 254 cm³/mol. The van der Waals surface area contributed by atoms with Crippen LogP contribution in [0.15, 0.2) is 24.3 Å². The van der Waals surface area contributed by atoms with Gasteiger partial charge in [0.15, 0.2) is 13.2 Å². The Morgan fingerprint density at radius 2 is 0.914 bits per heavy atom. The lowest BCUT2D eigenvalue weighted by Crippen LogP contribution is -2.59. The third-order valence-electron chi connectivity index (χ3n) is 21.8. The molecular formula is C56H72N3O11+. The number of phenols is 4. The van der Waals surface area contributed by atoms with Crippen molar-refractivity contribution in [2.45, 2.75) is 153 Å². The molecular weight excluding hydrogens is 891 g/mol. The van der Waals surface area contributed by atoms with Crippen molar-refractivity contribution in [2.75, 3.05) is 26.3 Å². The van der Waals surface area contributed by atoms with Crippen LogP contribution >= 0.6 is 0 Å². The van der Waals surface area contributed by atoms with Crippen LogP contribution in [0.1, 0.15) is 165 Å². The average molecular weight is 963 g/mol. The minimum atomic E-state index is -0.611. The van der Waals surface area contributed by atoms with E-state index < -0.39 is 10.8 Å². The molecule has 14 saturated carbocycles. The molecule has 70 heavy (non-hydrogen) atoms. The molecule has 2 aromatic carbocycles. The minimum absolute atomic E-state index is 0.0317. The Bertz CT molecular complexity index is 2350. The van der Waals surface area contributed by atoms with Crippen LogP contribution in [-0.4, -0.2) is 75.2 Å². The third-order valence-corrected chi connectivity index (χ3v) is 21.8. The number of hydrogen-bond acceptors (Lipinski definition) is 11. The summed E-state index contributed by atoms with van der Waals surface area (Å²) in [5, 5.41) is 52.3. The largest absolute Gasteiger partial charge is 0.508 e. The number of rotatable bonds is 14. The van der Waals surface area contributed by atoms with E-state index >= 15 is 0 Å². The third kappa shape index (κ3) is 6.81. The Labute approximate surface area is 409 Å². The Morgan fingerprint density at radius 3 is 1.23 bits per heavy atom. The Morgan fingerprint density at radius 1 is 0.571 bits per heavy atom. The molecule has 6 N–H and O–H groups in total. The Balaban J connectivity index is 0.628. The van der Waals surface area contributed by atoms with Crippen molar-refractivity contribution in [1.29, 1.82) is 0 Å². The van der Waals surface area contributed by atoms with Crippen LogP contribution in [0.25, 0.3) is 0 Å². The van der Waals surface area contributed by atoms with Crippen molar-refractivity contribution in [1.82, 2.24) is 10.6 Å². The fourth-order valence-electron chi connectivity index (χ4n) is 19.3. The van der Waals surface area contributed by atoms with E-state index in [0.717, 1.165) is 88.2 Å². The highest BCUT2D eigenvalue weighted by Crippen LogP contribution is 2.70. The molecule has 10 atom stereocenters. The molecule has 12 bridgehead atoms. The molecule has 2 aromatic rings. The Hall–Kier alpha value is -4.88. The van der Waals surface area contributed by atoms with Crippen molar-refractivity contribution >= 4 is 23.4 Å². The molecule has 0 spiro atoms. The van der Waals surface area contributed by atoms with Gasteiger partial charge in [-0.1, -0.05) is 27.7 Å². The zero-order valence-electron chi connectivity index (χ0n) is 41.3. The molecule has 14 aliphatic carbocycles. The molecule has 14 nitrogen and oxygen atoms in total. The molecule has 0 aromatic heterocycles. The van der Waals surface area contributed by atoms with Gasteiger partial charge in [-0.3, -0.25) is 19.2 Å². The first-order chi connectivity index (χ1) is 33.1. The summed E-state index contributed by atoms with van der Waals surface area (Å²) < 4.78 is 0. The van der Waals surface area contributed by atoms with E-state index in [0.29, 0.717) is 60.5 Å². The first kappa shape index (κ1) is 46.2. The fourth-order valence-corrected chi connectivity index (χ4v) is 19.3. The van der Waals surface area contributed by atoms with Crippen molar-refractivity contribution in [3.8, 4) is 23.0 Å². The molecule has 2 amide bonds. The van der Waals surface area contributed by atoms with E-state index in [2.05, 4.69) is 38.3 Å². The number of nitrogens with zero attached hydrogens (tertiary/aromatic N) is 1. The zero-order valence-corrected chi connectivity index (χ0v) is 41.3. The number of amides is 2. The van der Waals surface area contributed by atoms with Gasteiger partial charge < -0.3 is 31.1 Å². The molecule has 0 aliphatic heterocycles. The highest BCUT2D eigenvalue weighted by atomic mass is 17.0. The van der Waals surface area contributed by atoms with E-state index in [1.165, 1.54) is 0 Å². The molecule has 14 fully saturated rings. The fraction of sp³-hybridized carbons (Fsp3) is 0.714. The molecule has 16 rings (SSSR count). The standard InChI is InChI=1S/C56H71N3O11/c1-51(2)37-17-39(51)41(60)15-35(37)47-43(62)11-33(12-44(47)63)53-19-29-9-30(20-53)24-55(23-29,27-53)49(66)57-5-7-69-59(68)70-8-6-58-50(67)56-25-31-10-32(26-56)22-54(21-31,28-56)34-13-45(64)48(46(65)14-34)36-16-42(61)40-18-38(36)52(40,3)4/h11-14,29-32,35-40H,5-10,15-28H2,1-4H3,(H5-,57,58,62,63,64,65,66,67)/p+1/t29?,30?,31?,32?,35-,36-,37-,38-,39-,40-,53?,54?,55?,56?/m1/s1. The second-order valence-corrected chi connectivity index (χ2v) is 26.3. The summed E-state index contributed by atoms with van der Waals surface area (Å²) in [6, 6.07) is 7.23. The average Bonchev–Trinajstić information content (AvgIpc) is 3.27. The number of phenolic OH excluding ortho intramolecular Hbond substituents is 4. The van der Waals surface area contributed by atoms with Crippen LogP contribution < -0.4 is 10.6 Å². The monoisotopic (exact) mass is 963 g/mol. The second-order valence-electron chi connectivity index (χ2n) is 26.3. The highest BCUT2D eigenvalue weighted by molar-refractivity contribution is 5.87. The van der Waals surface area contributed by atoms with Gasteiger partial charge in [0.1, 0.15) is 39.5 Å². The normalized spacial score (nSPS) is 40.5. The van der Waals surface area contributed by atoms with E-state index in [-0.39, 0.29) is 135 Å². The quantitative estimate of drug-likeness (QED) is 0.0785. The van der Waals surface area contributed by atoms with Gasteiger partial charge in [0.05, 0.1) is 23.9 Å². The van der Waals surface area contributed by atoms with E-state index in [9.17, 15) is 44.5 Å². The molecule has 14 aliphatic rings. The summed E-state index contributed by atoms with van der Waals surface area (Å²) in [5.41, 5.74) is 0.438. The van der Waals surface area contributed by atoms with Crippen LogP contribution in [0.4, 0.5) is 0 Å². The van der Waals surface area contributed by atoms with Gasteiger partial charge in [-0.15, -0.1) is 0 Å². The maximum atomic E-state index is 14.1. The maximum absolute atomic E-state index is 14.1. The van der Waals surface area contributed by atoms with Crippen LogP contribution in [0.5, 0.6) is 23.0 Å². The van der Waals surface area contributed by atoms with Crippen LogP contribution in [0.2, 0.25) is 0 Å². The number of benzene rings is 2. The molecule has 0 saturated heterocycles. The van der Waals surface area contributed by atoms with Crippen molar-refractivity contribution in [3.05, 3.63) is 51.4 Å². The minimum Gasteiger partial charge on any atom is -0.508 e. The first-order valence-corrected chi connectivity index (χ1v) is 26.6. The number of fused-ring (bicyclic) bond motifs is 4. The zero-order chi connectivity index (χ0) is 49.1. The van der Waals surface area contributed by atoms with Gasteiger partial charge in [0.25, 0.3) is 0 Å². The summed E-state index contributed by atoms with van der Waals surface area (Å²) >= 11 is 0. The number of nitrogens with one attached hydrogen (secondary N) is 2. The van der Waals surface area contributed by atoms with Gasteiger partial charge >= 0.3 is 5.09 Å². The van der Waals surface area contributed by atoms with E-state index in [1.54, 1.807) is 0 Å². The Kier molecular flexibility index (Phi) is 10.3. The van der Waals surface area contributed by atoms with Crippen molar-refractivity contribution in [2.24, 2.45) is 69.0 Å². The van der Waals surface area contributed by atoms with E-state index in [1.807, 2.05) is 24.3 Å². The van der Waals surface area contributed by atoms with Gasteiger partial charge in [-0.2, -0.15) is 9.68 Å². The van der Waals surface area contributed by atoms with Gasteiger partial charge in [-0.05, 0) is 182 Å². The summed E-state index contributed by atoms with van der Waals surface area (Å²) in [5.74, 6) is 1.92. The lowest BCUT2D eigenvalue weighted by atomic mass is 9.42. The number of carbonyl (C=O) groups excluding carboxylic acids is 4. The molecule has 0 heterocycles. The van der Waals surface area contributed by atoms with Crippen molar-refractivity contribution in [3.63, 3.8) is 0 Å². The number of Topliss-reactive ketones (excluding diaryl/α,β-unsaturated/α-hetero) is 2. The molecule has 376 valence electrons. The summed E-state index contributed by atoms with van der Waals surface area (Å²) in [6.45, 7) is 8.44.